The van der Waals surface area contributed by atoms with Crippen molar-refractivity contribution >= 4 is 18.1 Å². The Morgan fingerprint density at radius 2 is 1.68 bits per heavy atom. The Bertz CT molecular complexity index is 1350. The summed E-state index contributed by atoms with van der Waals surface area (Å²) in [6.45, 7) is 4.04. The van der Waals surface area contributed by atoms with Gasteiger partial charge in [-0.3, -0.25) is 4.79 Å². The minimum atomic E-state index is -0.429. The van der Waals surface area contributed by atoms with Gasteiger partial charge in [-0.25, -0.2) is 14.9 Å². The molecule has 0 unspecified atom stereocenters. The van der Waals surface area contributed by atoms with E-state index in [1.54, 1.807) is 35.0 Å². The zero-order chi connectivity index (χ0) is 24.1. The Balaban J connectivity index is 1.58. The highest BCUT2D eigenvalue weighted by Crippen LogP contribution is 2.25. The van der Waals surface area contributed by atoms with Crippen LogP contribution in [0.15, 0.2) is 84.0 Å². The summed E-state index contributed by atoms with van der Waals surface area (Å²) in [5.41, 5.74) is 8.79. The van der Waals surface area contributed by atoms with Crippen molar-refractivity contribution in [1.82, 2.24) is 15.2 Å². The molecule has 3 aromatic carbocycles. The standard InChI is InChI=1S/C27H24N4O3/c1-18-7-11-21(12-8-18)25-16-24(30-31(25)23-6-4-5-19(2)15-23)26(32)29-28-17-20-9-13-22(14-10-20)27(33)34-3/h4-17H,1-3H3,(H,29,32)/b28-17-. The molecule has 0 aliphatic heterocycles. The number of amides is 1. The molecular weight excluding hydrogens is 428 g/mol. The SMILES string of the molecule is COC(=O)c1ccc(/C=N\NC(=O)c2cc(-c3ccc(C)cc3)n(-c3cccc(C)c3)n2)cc1. The largest absolute Gasteiger partial charge is 0.465 e. The summed E-state index contributed by atoms with van der Waals surface area (Å²) in [7, 11) is 1.33. The van der Waals surface area contributed by atoms with Crippen LogP contribution < -0.4 is 5.43 Å². The highest BCUT2D eigenvalue weighted by atomic mass is 16.5. The zero-order valence-electron chi connectivity index (χ0n) is 19.1. The Labute approximate surface area is 197 Å². The number of hydrogen-bond acceptors (Lipinski definition) is 5. The van der Waals surface area contributed by atoms with Gasteiger partial charge in [0, 0.05) is 5.56 Å². The van der Waals surface area contributed by atoms with E-state index in [4.69, 9.17) is 0 Å². The second-order valence-corrected chi connectivity index (χ2v) is 7.84. The molecule has 0 saturated carbocycles. The van der Waals surface area contributed by atoms with E-state index < -0.39 is 11.9 Å². The number of nitrogens with one attached hydrogen (secondary N) is 1. The molecule has 0 bridgehead atoms. The lowest BCUT2D eigenvalue weighted by molar-refractivity contribution is 0.0600. The molecule has 0 atom stereocenters. The first kappa shape index (κ1) is 22.7. The highest BCUT2D eigenvalue weighted by molar-refractivity contribution is 5.94. The number of rotatable bonds is 6. The Hall–Kier alpha value is -4.52. The minimum absolute atomic E-state index is 0.246. The molecule has 0 saturated heterocycles. The molecule has 34 heavy (non-hydrogen) atoms. The van der Waals surface area contributed by atoms with E-state index in [0.717, 1.165) is 33.6 Å². The summed E-state index contributed by atoms with van der Waals surface area (Å²) in [6.07, 6.45) is 1.50. The smallest absolute Gasteiger partial charge is 0.337 e. The van der Waals surface area contributed by atoms with Gasteiger partial charge in [0.2, 0.25) is 0 Å². The second-order valence-electron chi connectivity index (χ2n) is 7.84. The van der Waals surface area contributed by atoms with Gasteiger partial charge in [-0.15, -0.1) is 0 Å². The Kier molecular flexibility index (Phi) is 6.64. The first-order chi connectivity index (χ1) is 16.4. The Morgan fingerprint density at radius 1 is 0.941 bits per heavy atom. The molecule has 1 N–H and O–H groups in total. The number of esters is 1. The molecule has 0 spiro atoms. The van der Waals surface area contributed by atoms with E-state index in [0.29, 0.717) is 5.56 Å². The molecule has 4 rings (SSSR count). The van der Waals surface area contributed by atoms with Crippen LogP contribution in [-0.2, 0) is 4.74 Å². The van der Waals surface area contributed by atoms with Gasteiger partial charge in [0.25, 0.3) is 5.91 Å². The van der Waals surface area contributed by atoms with E-state index in [1.807, 2.05) is 62.4 Å². The maximum atomic E-state index is 12.8. The third kappa shape index (κ3) is 5.10. The summed E-state index contributed by atoms with van der Waals surface area (Å²) < 4.78 is 6.45. The average Bonchev–Trinajstić information content (AvgIpc) is 3.30. The molecule has 0 aliphatic rings. The molecule has 1 aromatic heterocycles. The summed E-state index contributed by atoms with van der Waals surface area (Å²) in [6, 6.07) is 24.5. The van der Waals surface area contributed by atoms with E-state index >= 15 is 0 Å². The van der Waals surface area contributed by atoms with Gasteiger partial charge in [0.05, 0.1) is 30.3 Å². The van der Waals surface area contributed by atoms with Crippen LogP contribution in [0, 0.1) is 13.8 Å². The number of aryl methyl sites for hydroxylation is 2. The lowest BCUT2D eigenvalue weighted by atomic mass is 10.1. The highest BCUT2D eigenvalue weighted by Gasteiger charge is 2.16. The van der Waals surface area contributed by atoms with E-state index in [1.165, 1.54) is 13.3 Å². The number of carbonyl (C=O) groups excluding carboxylic acids is 2. The van der Waals surface area contributed by atoms with Gasteiger partial charge < -0.3 is 4.74 Å². The summed E-state index contributed by atoms with van der Waals surface area (Å²) >= 11 is 0. The fourth-order valence-corrected chi connectivity index (χ4v) is 3.42. The predicted octanol–water partition coefficient (Wildman–Crippen LogP) is 4.71. The second kappa shape index (κ2) is 9.95. The van der Waals surface area contributed by atoms with Crippen molar-refractivity contribution in [1.29, 1.82) is 0 Å². The van der Waals surface area contributed by atoms with Crippen LogP contribution in [0.1, 0.15) is 37.5 Å². The number of aromatic nitrogens is 2. The topological polar surface area (TPSA) is 85.6 Å². The van der Waals surface area contributed by atoms with Gasteiger partial charge in [-0.2, -0.15) is 10.2 Å². The van der Waals surface area contributed by atoms with E-state index in [-0.39, 0.29) is 5.69 Å². The van der Waals surface area contributed by atoms with Crippen LogP contribution in [0.2, 0.25) is 0 Å². The molecule has 1 heterocycles. The minimum Gasteiger partial charge on any atom is -0.465 e. The first-order valence-electron chi connectivity index (χ1n) is 10.7. The van der Waals surface area contributed by atoms with Crippen LogP contribution >= 0.6 is 0 Å². The first-order valence-corrected chi connectivity index (χ1v) is 10.7. The van der Waals surface area contributed by atoms with Crippen molar-refractivity contribution in [3.63, 3.8) is 0 Å². The van der Waals surface area contributed by atoms with Gasteiger partial charge in [-0.05, 0) is 55.3 Å². The van der Waals surface area contributed by atoms with Crippen molar-refractivity contribution in [2.45, 2.75) is 13.8 Å². The molecular formula is C27H24N4O3. The molecule has 0 aliphatic carbocycles. The van der Waals surface area contributed by atoms with Crippen LogP contribution in [0.25, 0.3) is 16.9 Å². The summed E-state index contributed by atoms with van der Waals surface area (Å²) in [4.78, 5) is 24.3. The number of hydrogen-bond donors (Lipinski definition) is 1. The number of carbonyl (C=O) groups is 2. The van der Waals surface area contributed by atoms with Gasteiger partial charge in [-0.1, -0.05) is 54.1 Å². The number of ether oxygens (including phenoxy) is 1. The molecule has 4 aromatic rings. The van der Waals surface area contributed by atoms with Crippen molar-refractivity contribution in [3.05, 3.63) is 107 Å². The number of benzene rings is 3. The maximum absolute atomic E-state index is 12.8. The quantitative estimate of drug-likeness (QED) is 0.261. The maximum Gasteiger partial charge on any atom is 0.337 e. The molecule has 0 fully saturated rings. The van der Waals surface area contributed by atoms with Crippen LogP contribution in [0.4, 0.5) is 0 Å². The normalized spacial score (nSPS) is 10.9. The van der Waals surface area contributed by atoms with Crippen molar-refractivity contribution in [2.24, 2.45) is 5.10 Å². The molecule has 1 amide bonds. The van der Waals surface area contributed by atoms with Crippen LogP contribution in [0.3, 0.4) is 0 Å². The monoisotopic (exact) mass is 452 g/mol. The summed E-state index contributed by atoms with van der Waals surface area (Å²) in [5, 5.41) is 8.60. The molecule has 170 valence electrons. The predicted molar refractivity (Wildman–Crippen MR) is 131 cm³/mol. The molecule has 7 nitrogen and oxygen atoms in total. The fraction of sp³-hybridized carbons (Fsp3) is 0.111. The molecule has 0 radical (unpaired) electrons. The molecule has 7 heteroatoms. The van der Waals surface area contributed by atoms with Crippen LogP contribution in [-0.4, -0.2) is 35.0 Å². The lowest BCUT2D eigenvalue weighted by Gasteiger charge is -2.08. The van der Waals surface area contributed by atoms with Crippen LogP contribution in [0.5, 0.6) is 0 Å². The van der Waals surface area contributed by atoms with Gasteiger partial charge in [0.15, 0.2) is 5.69 Å². The van der Waals surface area contributed by atoms with E-state index in [2.05, 4.69) is 20.4 Å². The number of nitrogens with zero attached hydrogens (tertiary/aromatic N) is 3. The zero-order valence-corrected chi connectivity index (χ0v) is 19.1. The van der Waals surface area contributed by atoms with Crippen molar-refractivity contribution in [2.75, 3.05) is 7.11 Å². The van der Waals surface area contributed by atoms with Crippen molar-refractivity contribution < 1.29 is 14.3 Å². The number of methoxy groups -OCH3 is 1. The van der Waals surface area contributed by atoms with E-state index in [9.17, 15) is 9.59 Å². The summed E-state index contributed by atoms with van der Waals surface area (Å²) in [5.74, 6) is -0.840. The third-order valence-electron chi connectivity index (χ3n) is 5.25. The van der Waals surface area contributed by atoms with Crippen molar-refractivity contribution in [3.8, 4) is 16.9 Å². The lowest BCUT2D eigenvalue weighted by Crippen LogP contribution is -2.18. The van der Waals surface area contributed by atoms with Gasteiger partial charge >= 0.3 is 5.97 Å². The average molecular weight is 453 g/mol. The Morgan fingerprint density at radius 3 is 2.35 bits per heavy atom. The fourth-order valence-electron chi connectivity index (χ4n) is 3.42. The number of hydrazone groups is 1. The third-order valence-corrected chi connectivity index (χ3v) is 5.25. The van der Waals surface area contributed by atoms with Gasteiger partial charge in [0.1, 0.15) is 0 Å².